The van der Waals surface area contributed by atoms with Crippen LogP contribution in [-0.4, -0.2) is 18.0 Å². The summed E-state index contributed by atoms with van der Waals surface area (Å²) >= 11 is 3.45. The van der Waals surface area contributed by atoms with Gasteiger partial charge in [0.25, 0.3) is 5.91 Å². The number of methoxy groups -OCH3 is 1. The molecule has 0 atom stereocenters. The minimum atomic E-state index is -0.170. The van der Waals surface area contributed by atoms with Crippen LogP contribution in [0.4, 0.5) is 5.69 Å². The van der Waals surface area contributed by atoms with E-state index < -0.39 is 0 Å². The second-order valence-corrected chi connectivity index (χ2v) is 5.91. The highest BCUT2D eigenvalue weighted by Gasteiger charge is 2.11. The molecule has 0 aliphatic rings. The second kappa shape index (κ2) is 5.85. The third kappa shape index (κ3) is 2.85. The van der Waals surface area contributed by atoms with E-state index in [0.717, 1.165) is 32.4 Å². The number of carbonyl (C=O) groups is 1. The Kier molecular flexibility index (Phi) is 3.90. The molecule has 3 rings (SSSR count). The van der Waals surface area contributed by atoms with Crippen LogP contribution >= 0.6 is 15.9 Å². The summed E-state index contributed by atoms with van der Waals surface area (Å²) in [5.41, 5.74) is 3.25. The molecule has 1 aromatic heterocycles. The maximum Gasteiger partial charge on any atom is 0.272 e. The fourth-order valence-electron chi connectivity index (χ4n) is 2.28. The van der Waals surface area contributed by atoms with Crippen molar-refractivity contribution in [2.75, 3.05) is 12.4 Å². The van der Waals surface area contributed by atoms with Gasteiger partial charge in [0.05, 0.1) is 7.11 Å². The van der Waals surface area contributed by atoms with Gasteiger partial charge in [-0.25, -0.2) is 0 Å². The van der Waals surface area contributed by atoms with E-state index in [1.165, 1.54) is 0 Å². The van der Waals surface area contributed by atoms with Gasteiger partial charge in [-0.2, -0.15) is 0 Å². The third-order valence-corrected chi connectivity index (χ3v) is 4.38. The molecule has 0 radical (unpaired) electrons. The number of hydrogen-bond donors (Lipinski definition) is 2. The molecular weight excluding hydrogens is 344 g/mol. The first-order chi connectivity index (χ1) is 10.6. The molecule has 5 heteroatoms. The number of amides is 1. The lowest BCUT2D eigenvalue weighted by Gasteiger charge is -2.05. The van der Waals surface area contributed by atoms with Crippen molar-refractivity contribution in [3.63, 3.8) is 0 Å². The normalized spacial score (nSPS) is 10.7. The minimum Gasteiger partial charge on any atom is -0.497 e. The Morgan fingerprint density at radius 2 is 2.00 bits per heavy atom. The SMILES string of the molecule is COc1ccc2[nH]c(C(=O)Nc3ccc(Br)c(C)c3)cc2c1. The minimum absolute atomic E-state index is 0.170. The monoisotopic (exact) mass is 358 g/mol. The largest absolute Gasteiger partial charge is 0.497 e. The number of anilines is 1. The Bertz CT molecular complexity index is 855. The molecule has 0 saturated carbocycles. The van der Waals surface area contributed by atoms with Gasteiger partial charge >= 0.3 is 0 Å². The molecule has 0 saturated heterocycles. The molecule has 0 unspecified atom stereocenters. The predicted octanol–water partition coefficient (Wildman–Crippen LogP) is 4.50. The molecule has 0 spiro atoms. The Hall–Kier alpha value is -2.27. The number of rotatable bonds is 3. The Morgan fingerprint density at radius 3 is 2.73 bits per heavy atom. The van der Waals surface area contributed by atoms with Crippen molar-refractivity contribution in [3.8, 4) is 5.75 Å². The zero-order valence-corrected chi connectivity index (χ0v) is 13.8. The van der Waals surface area contributed by atoms with Gasteiger partial charge in [0.2, 0.25) is 0 Å². The average Bonchev–Trinajstić information content (AvgIpc) is 2.94. The fourth-order valence-corrected chi connectivity index (χ4v) is 2.53. The number of aryl methyl sites for hydroxylation is 1. The van der Waals surface area contributed by atoms with E-state index in [1.54, 1.807) is 7.11 Å². The molecular formula is C17H15BrN2O2. The van der Waals surface area contributed by atoms with Crippen molar-refractivity contribution < 1.29 is 9.53 Å². The van der Waals surface area contributed by atoms with Crippen LogP contribution in [-0.2, 0) is 0 Å². The average molecular weight is 359 g/mol. The van der Waals surface area contributed by atoms with Crippen molar-refractivity contribution in [1.29, 1.82) is 0 Å². The quantitative estimate of drug-likeness (QED) is 0.724. The number of aromatic nitrogens is 1. The van der Waals surface area contributed by atoms with E-state index in [9.17, 15) is 4.79 Å². The lowest BCUT2D eigenvalue weighted by molar-refractivity contribution is 0.102. The molecule has 3 aromatic rings. The highest BCUT2D eigenvalue weighted by atomic mass is 79.9. The Morgan fingerprint density at radius 1 is 1.18 bits per heavy atom. The van der Waals surface area contributed by atoms with Crippen LogP contribution in [0.15, 0.2) is 46.9 Å². The van der Waals surface area contributed by atoms with Gasteiger partial charge in [0.1, 0.15) is 11.4 Å². The molecule has 1 amide bonds. The van der Waals surface area contributed by atoms with Crippen LogP contribution in [0.5, 0.6) is 5.75 Å². The van der Waals surface area contributed by atoms with Crippen LogP contribution in [0.25, 0.3) is 10.9 Å². The summed E-state index contributed by atoms with van der Waals surface area (Å²) in [6, 6.07) is 13.2. The van der Waals surface area contributed by atoms with Crippen LogP contribution in [0, 0.1) is 6.92 Å². The van der Waals surface area contributed by atoms with E-state index in [0.29, 0.717) is 5.69 Å². The first-order valence-corrected chi connectivity index (χ1v) is 7.60. The summed E-state index contributed by atoms with van der Waals surface area (Å²) in [4.78, 5) is 15.5. The third-order valence-electron chi connectivity index (χ3n) is 3.49. The van der Waals surface area contributed by atoms with Gasteiger partial charge in [-0.05, 0) is 55.0 Å². The number of fused-ring (bicyclic) bond motifs is 1. The van der Waals surface area contributed by atoms with Crippen molar-refractivity contribution in [2.24, 2.45) is 0 Å². The van der Waals surface area contributed by atoms with Gasteiger partial charge < -0.3 is 15.0 Å². The van der Waals surface area contributed by atoms with Crippen molar-refractivity contribution in [2.45, 2.75) is 6.92 Å². The maximum absolute atomic E-state index is 12.3. The van der Waals surface area contributed by atoms with Crippen molar-refractivity contribution in [3.05, 3.63) is 58.2 Å². The molecule has 112 valence electrons. The topological polar surface area (TPSA) is 54.1 Å². The molecule has 2 aromatic carbocycles. The highest BCUT2D eigenvalue weighted by Crippen LogP contribution is 2.23. The standard InChI is InChI=1S/C17H15BrN2O2/c1-10-7-12(3-5-14(10)18)19-17(21)16-9-11-8-13(22-2)4-6-15(11)20-16/h3-9,20H,1-2H3,(H,19,21). The second-order valence-electron chi connectivity index (χ2n) is 5.05. The molecule has 2 N–H and O–H groups in total. The van der Waals surface area contributed by atoms with Gasteiger partial charge in [-0.15, -0.1) is 0 Å². The number of hydrogen-bond acceptors (Lipinski definition) is 2. The van der Waals surface area contributed by atoms with Gasteiger partial charge in [-0.1, -0.05) is 15.9 Å². The number of nitrogens with one attached hydrogen (secondary N) is 2. The fraction of sp³-hybridized carbons (Fsp3) is 0.118. The van der Waals surface area contributed by atoms with E-state index in [2.05, 4.69) is 26.2 Å². The smallest absolute Gasteiger partial charge is 0.272 e. The van der Waals surface area contributed by atoms with E-state index >= 15 is 0 Å². The number of H-pyrrole nitrogens is 1. The van der Waals surface area contributed by atoms with Crippen molar-refractivity contribution >= 4 is 38.4 Å². The number of ether oxygens (including phenoxy) is 1. The van der Waals surface area contributed by atoms with Gasteiger partial charge in [0, 0.05) is 21.1 Å². The Balaban J connectivity index is 1.86. The zero-order valence-electron chi connectivity index (χ0n) is 12.2. The van der Waals surface area contributed by atoms with E-state index in [-0.39, 0.29) is 5.91 Å². The first kappa shape index (κ1) is 14.7. The van der Waals surface area contributed by atoms with Crippen LogP contribution in [0.3, 0.4) is 0 Å². The van der Waals surface area contributed by atoms with Crippen LogP contribution < -0.4 is 10.1 Å². The predicted molar refractivity (Wildman–Crippen MR) is 91.7 cm³/mol. The summed E-state index contributed by atoms with van der Waals surface area (Å²) in [7, 11) is 1.62. The Labute approximate surface area is 136 Å². The highest BCUT2D eigenvalue weighted by molar-refractivity contribution is 9.10. The van der Waals surface area contributed by atoms with Crippen molar-refractivity contribution in [1.82, 2.24) is 4.98 Å². The summed E-state index contributed by atoms with van der Waals surface area (Å²) in [6.45, 7) is 1.98. The molecule has 1 heterocycles. The van der Waals surface area contributed by atoms with Crippen LogP contribution in [0.1, 0.15) is 16.1 Å². The number of aromatic amines is 1. The lowest BCUT2D eigenvalue weighted by Crippen LogP contribution is -2.12. The molecule has 0 bridgehead atoms. The van der Waals surface area contributed by atoms with Gasteiger partial charge in [0.15, 0.2) is 0 Å². The zero-order chi connectivity index (χ0) is 15.7. The molecule has 22 heavy (non-hydrogen) atoms. The van der Waals surface area contributed by atoms with E-state index in [1.807, 2.05) is 49.4 Å². The summed E-state index contributed by atoms with van der Waals surface area (Å²) in [6.07, 6.45) is 0. The number of carbonyl (C=O) groups excluding carboxylic acids is 1. The van der Waals surface area contributed by atoms with Crippen LogP contribution in [0.2, 0.25) is 0 Å². The van der Waals surface area contributed by atoms with E-state index in [4.69, 9.17) is 4.74 Å². The maximum atomic E-state index is 12.3. The molecule has 0 aliphatic heterocycles. The molecule has 0 fully saturated rings. The lowest BCUT2D eigenvalue weighted by atomic mass is 10.2. The van der Waals surface area contributed by atoms with Gasteiger partial charge in [-0.3, -0.25) is 4.79 Å². The first-order valence-electron chi connectivity index (χ1n) is 6.81. The summed E-state index contributed by atoms with van der Waals surface area (Å²) < 4.78 is 6.21. The summed E-state index contributed by atoms with van der Waals surface area (Å²) in [5.74, 6) is 0.596. The number of halogens is 1. The number of benzene rings is 2. The summed E-state index contributed by atoms with van der Waals surface area (Å²) in [5, 5.41) is 3.83. The molecule has 4 nitrogen and oxygen atoms in total. The molecule has 0 aliphatic carbocycles.